The molecule has 0 bridgehead atoms. The van der Waals surface area contributed by atoms with E-state index in [0.717, 1.165) is 24.1 Å². The Labute approximate surface area is 214 Å². The van der Waals surface area contributed by atoms with Crippen LogP contribution in [0.4, 0.5) is 0 Å². The van der Waals surface area contributed by atoms with Gasteiger partial charge in [-0.15, -0.1) is 0 Å². The van der Waals surface area contributed by atoms with E-state index in [1.165, 1.54) is 0 Å². The Morgan fingerprint density at radius 3 is 2.32 bits per heavy atom. The van der Waals surface area contributed by atoms with Crippen LogP contribution >= 0.6 is 0 Å². The van der Waals surface area contributed by atoms with Crippen molar-refractivity contribution in [3.63, 3.8) is 0 Å². The second kappa shape index (κ2) is 11.4. The third-order valence-electron chi connectivity index (χ3n) is 7.09. The number of allylic oxidation sites excluding steroid dienone is 2. The number of hydrogen-bond donors (Lipinski definition) is 6. The Kier molecular flexibility index (Phi) is 8.86. The van der Waals surface area contributed by atoms with E-state index in [9.17, 15) is 40.2 Å². The molecule has 37 heavy (non-hydrogen) atoms. The summed E-state index contributed by atoms with van der Waals surface area (Å²) in [5.74, 6) is -2.95. The van der Waals surface area contributed by atoms with Gasteiger partial charge in [-0.3, -0.25) is 4.79 Å². The predicted molar refractivity (Wildman–Crippen MR) is 129 cm³/mol. The highest BCUT2D eigenvalue weighted by molar-refractivity contribution is 5.92. The molecule has 1 aromatic rings. The molecular weight excluding hydrogens is 488 g/mol. The summed E-state index contributed by atoms with van der Waals surface area (Å²) >= 11 is 0. The largest absolute Gasteiger partial charge is 0.504 e. The molecule has 3 rings (SSSR count). The second-order valence-electron chi connectivity index (χ2n) is 10.6. The molecule has 11 heteroatoms. The highest BCUT2D eigenvalue weighted by Crippen LogP contribution is 2.42. The molecule has 0 radical (unpaired) electrons. The maximum Gasteiger partial charge on any atom is 0.338 e. The molecule has 6 N–H and O–H groups in total. The average molecular weight is 525 g/mol. The van der Waals surface area contributed by atoms with Gasteiger partial charge in [-0.05, 0) is 56.2 Å². The number of aliphatic hydroxyl groups excluding tert-OH is 3. The maximum atomic E-state index is 12.3. The number of aromatic hydroxyl groups is 3. The molecule has 11 nitrogen and oxygen atoms in total. The zero-order valence-corrected chi connectivity index (χ0v) is 21.3. The molecule has 1 heterocycles. The minimum Gasteiger partial charge on any atom is -0.504 e. The van der Waals surface area contributed by atoms with Gasteiger partial charge < -0.3 is 44.8 Å². The van der Waals surface area contributed by atoms with Crippen molar-refractivity contribution in [3.8, 4) is 17.2 Å². The number of carbonyl (C=O) groups is 2. The highest BCUT2D eigenvalue weighted by atomic mass is 16.7. The zero-order chi connectivity index (χ0) is 27.7. The van der Waals surface area contributed by atoms with Crippen molar-refractivity contribution >= 4 is 11.8 Å². The van der Waals surface area contributed by atoms with Crippen molar-refractivity contribution in [2.24, 2.45) is 11.3 Å². The number of phenols is 3. The van der Waals surface area contributed by atoms with Crippen molar-refractivity contribution in [2.75, 3.05) is 6.61 Å². The number of hydrogen-bond acceptors (Lipinski definition) is 11. The van der Waals surface area contributed by atoms with Gasteiger partial charge in [0.2, 0.25) is 0 Å². The topological polar surface area (TPSA) is 183 Å². The molecule has 7 atom stereocenters. The van der Waals surface area contributed by atoms with Crippen molar-refractivity contribution in [3.05, 3.63) is 29.3 Å². The average Bonchev–Trinajstić information content (AvgIpc) is 2.80. The van der Waals surface area contributed by atoms with Gasteiger partial charge in [0.15, 0.2) is 29.3 Å². The number of aliphatic hydroxyl groups is 3. The van der Waals surface area contributed by atoms with E-state index in [1.54, 1.807) is 13.0 Å². The first-order valence-electron chi connectivity index (χ1n) is 12.2. The standard InChI is InChI=1S/C26H36O11/c1-12-7-15(27)10-26(3,4)16(12)6-5-13(2)36-25-23(33)22(32)21(31)19(37-25)11-35-24(34)14-8-17(28)20(30)18(29)9-14/h7-9,13,16,19,21-23,25,28-33H,5-6,10-11H2,1-4H3/t13-,16-,19-,21+,22+,23+,25+/m0/s1. The monoisotopic (exact) mass is 524 g/mol. The minimum absolute atomic E-state index is 0.111. The van der Waals surface area contributed by atoms with Gasteiger partial charge in [-0.1, -0.05) is 19.4 Å². The summed E-state index contributed by atoms with van der Waals surface area (Å²) in [7, 11) is 0. The van der Waals surface area contributed by atoms with Crippen LogP contribution in [-0.2, 0) is 19.0 Å². The highest BCUT2D eigenvalue weighted by Gasteiger charge is 2.45. The zero-order valence-electron chi connectivity index (χ0n) is 21.3. The number of ketones is 1. The lowest BCUT2D eigenvalue weighted by molar-refractivity contribution is -0.310. The summed E-state index contributed by atoms with van der Waals surface area (Å²) in [5.41, 5.74) is 0.548. The Morgan fingerprint density at radius 2 is 1.73 bits per heavy atom. The molecule has 1 aliphatic heterocycles. The normalized spacial score (nSPS) is 30.5. The first-order chi connectivity index (χ1) is 17.2. The lowest BCUT2D eigenvalue weighted by Crippen LogP contribution is -2.59. The fourth-order valence-corrected chi connectivity index (χ4v) is 5.04. The molecule has 1 aromatic carbocycles. The third-order valence-corrected chi connectivity index (χ3v) is 7.09. The Balaban J connectivity index is 1.59. The van der Waals surface area contributed by atoms with Crippen LogP contribution in [0.2, 0.25) is 0 Å². The Bertz CT molecular complexity index is 1010. The van der Waals surface area contributed by atoms with E-state index in [1.807, 2.05) is 6.92 Å². The third kappa shape index (κ3) is 6.60. The fourth-order valence-electron chi connectivity index (χ4n) is 5.04. The van der Waals surface area contributed by atoms with Crippen molar-refractivity contribution in [1.29, 1.82) is 0 Å². The molecule has 0 amide bonds. The molecule has 1 saturated heterocycles. The van der Waals surface area contributed by atoms with Crippen LogP contribution < -0.4 is 0 Å². The van der Waals surface area contributed by atoms with E-state index >= 15 is 0 Å². The molecule has 0 unspecified atom stereocenters. The lowest BCUT2D eigenvalue weighted by Gasteiger charge is -2.41. The van der Waals surface area contributed by atoms with Gasteiger partial charge in [0, 0.05) is 6.42 Å². The summed E-state index contributed by atoms with van der Waals surface area (Å²) in [4.78, 5) is 24.2. The van der Waals surface area contributed by atoms with Crippen LogP contribution in [0.25, 0.3) is 0 Å². The first kappa shape index (κ1) is 28.9. The van der Waals surface area contributed by atoms with Crippen LogP contribution in [-0.4, -0.2) is 85.8 Å². The molecule has 2 aliphatic rings. The number of carbonyl (C=O) groups excluding carboxylic acids is 2. The maximum absolute atomic E-state index is 12.3. The van der Waals surface area contributed by atoms with Gasteiger partial charge >= 0.3 is 5.97 Å². The number of benzene rings is 1. The summed E-state index contributed by atoms with van der Waals surface area (Å²) in [6, 6.07) is 1.78. The minimum atomic E-state index is -1.63. The van der Waals surface area contributed by atoms with E-state index in [2.05, 4.69) is 13.8 Å². The quantitative estimate of drug-likeness (QED) is 0.214. The van der Waals surface area contributed by atoms with E-state index in [0.29, 0.717) is 12.8 Å². The van der Waals surface area contributed by atoms with E-state index in [4.69, 9.17) is 14.2 Å². The fraction of sp³-hybridized carbons (Fsp3) is 0.615. The summed E-state index contributed by atoms with van der Waals surface area (Å²) < 4.78 is 16.5. The van der Waals surface area contributed by atoms with Crippen molar-refractivity contribution in [1.82, 2.24) is 0 Å². The predicted octanol–water partition coefficient (Wildman–Crippen LogP) is 1.51. The van der Waals surface area contributed by atoms with Gasteiger partial charge in [0.05, 0.1) is 11.7 Å². The Hall–Kier alpha value is -2.70. The summed E-state index contributed by atoms with van der Waals surface area (Å²) in [6.07, 6.45) is -4.29. The molecular formula is C26H36O11. The molecule has 1 fully saturated rings. The van der Waals surface area contributed by atoms with Crippen molar-refractivity contribution in [2.45, 2.75) is 83.8 Å². The molecule has 0 aromatic heterocycles. The van der Waals surface area contributed by atoms with Gasteiger partial charge in [-0.2, -0.15) is 0 Å². The lowest BCUT2D eigenvalue weighted by atomic mass is 9.66. The summed E-state index contributed by atoms with van der Waals surface area (Å²) in [6.45, 7) is 7.29. The van der Waals surface area contributed by atoms with Crippen LogP contribution in [0.1, 0.15) is 57.3 Å². The van der Waals surface area contributed by atoms with Crippen LogP contribution in [0.15, 0.2) is 23.8 Å². The van der Waals surface area contributed by atoms with E-state index < -0.39 is 66.6 Å². The van der Waals surface area contributed by atoms with Crippen molar-refractivity contribution < 1.29 is 54.4 Å². The van der Waals surface area contributed by atoms with Crippen LogP contribution in [0.5, 0.6) is 17.2 Å². The van der Waals surface area contributed by atoms with Gasteiger partial charge in [0.25, 0.3) is 0 Å². The van der Waals surface area contributed by atoms with Gasteiger partial charge in [0.1, 0.15) is 31.0 Å². The van der Waals surface area contributed by atoms with Crippen LogP contribution in [0, 0.1) is 11.3 Å². The Morgan fingerprint density at radius 1 is 1.11 bits per heavy atom. The summed E-state index contributed by atoms with van der Waals surface area (Å²) in [5, 5.41) is 59.6. The smallest absolute Gasteiger partial charge is 0.338 e. The molecule has 206 valence electrons. The number of esters is 1. The molecule has 0 spiro atoms. The number of ether oxygens (including phenoxy) is 3. The second-order valence-corrected chi connectivity index (χ2v) is 10.6. The van der Waals surface area contributed by atoms with Crippen LogP contribution in [0.3, 0.4) is 0 Å². The number of phenolic OH excluding ortho intramolecular Hbond substituents is 3. The number of rotatable bonds is 8. The van der Waals surface area contributed by atoms with E-state index in [-0.39, 0.29) is 22.7 Å². The van der Waals surface area contributed by atoms with Gasteiger partial charge in [-0.25, -0.2) is 4.79 Å². The molecule has 1 aliphatic carbocycles. The molecule has 0 saturated carbocycles. The SMILES string of the molecule is CC1=CC(=O)CC(C)(C)[C@H]1CC[C@H](C)O[C@@H]1O[C@@H](COC(=O)c2cc(O)c(O)c(O)c2)[C@@H](O)[C@@H](O)[C@H]1O. The first-order valence-corrected chi connectivity index (χ1v) is 12.2.